The molecule has 1 aromatic heterocycles. The molecule has 0 saturated carbocycles. The summed E-state index contributed by atoms with van der Waals surface area (Å²) < 4.78 is 20.7. The SMILES string of the molecule is CCNC(=NCC(C)Oc1cccc(F)c1)N1CCN(c2cnn(C)c2)C(=O)C1.I. The predicted octanol–water partition coefficient (Wildman–Crippen LogP) is 2.26. The van der Waals surface area contributed by atoms with Crippen LogP contribution < -0.4 is 15.0 Å². The number of carbonyl (C=O) groups is 1. The predicted molar refractivity (Wildman–Crippen MR) is 125 cm³/mol. The van der Waals surface area contributed by atoms with E-state index in [4.69, 9.17) is 4.74 Å². The molecule has 0 bridgehead atoms. The third-order valence-corrected chi connectivity index (χ3v) is 4.49. The monoisotopic (exact) mass is 530 g/mol. The van der Waals surface area contributed by atoms with Crippen LogP contribution in [0.25, 0.3) is 0 Å². The fraction of sp³-hybridized carbons (Fsp3) is 0.450. The second-order valence-electron chi connectivity index (χ2n) is 6.92. The Labute approximate surface area is 193 Å². The van der Waals surface area contributed by atoms with Crippen LogP contribution in [0.1, 0.15) is 13.8 Å². The van der Waals surface area contributed by atoms with Gasteiger partial charge in [0.1, 0.15) is 24.2 Å². The minimum atomic E-state index is -0.337. The number of benzene rings is 1. The summed E-state index contributed by atoms with van der Waals surface area (Å²) in [6.07, 6.45) is 3.29. The summed E-state index contributed by atoms with van der Waals surface area (Å²) in [5.41, 5.74) is 0.802. The smallest absolute Gasteiger partial charge is 0.246 e. The number of halogens is 2. The van der Waals surface area contributed by atoms with E-state index in [1.54, 1.807) is 27.9 Å². The molecule has 164 valence electrons. The van der Waals surface area contributed by atoms with Crippen LogP contribution >= 0.6 is 24.0 Å². The molecule has 0 aliphatic carbocycles. The van der Waals surface area contributed by atoms with Crippen LogP contribution in [0.5, 0.6) is 5.75 Å². The van der Waals surface area contributed by atoms with Crippen molar-refractivity contribution < 1.29 is 13.9 Å². The molecule has 2 heterocycles. The third kappa shape index (κ3) is 6.31. The molecule has 1 amide bonds. The summed E-state index contributed by atoms with van der Waals surface area (Å²) in [7, 11) is 1.83. The molecule has 10 heteroatoms. The van der Waals surface area contributed by atoms with Gasteiger partial charge in [0.05, 0.1) is 18.4 Å². The van der Waals surface area contributed by atoms with Gasteiger partial charge in [0.2, 0.25) is 5.91 Å². The normalized spacial score (nSPS) is 15.6. The van der Waals surface area contributed by atoms with Gasteiger partial charge in [-0.2, -0.15) is 5.10 Å². The molecule has 30 heavy (non-hydrogen) atoms. The quantitative estimate of drug-likeness (QED) is 0.353. The molecular formula is C20H28FIN6O2. The van der Waals surface area contributed by atoms with E-state index in [0.717, 1.165) is 5.69 Å². The number of aliphatic imine (C=N–C) groups is 1. The molecule has 1 fully saturated rings. The second-order valence-corrected chi connectivity index (χ2v) is 6.92. The summed E-state index contributed by atoms with van der Waals surface area (Å²) in [6, 6.07) is 6.05. The minimum Gasteiger partial charge on any atom is -0.489 e. The van der Waals surface area contributed by atoms with Crippen molar-refractivity contribution in [1.29, 1.82) is 0 Å². The highest BCUT2D eigenvalue weighted by atomic mass is 127. The molecule has 2 aromatic rings. The van der Waals surface area contributed by atoms with Crippen molar-refractivity contribution >= 4 is 41.5 Å². The number of carbonyl (C=O) groups excluding carboxylic acids is 1. The summed E-state index contributed by atoms with van der Waals surface area (Å²) in [5, 5.41) is 7.37. The van der Waals surface area contributed by atoms with Gasteiger partial charge in [0.25, 0.3) is 0 Å². The number of nitrogens with one attached hydrogen (secondary N) is 1. The summed E-state index contributed by atoms with van der Waals surface area (Å²) in [5.74, 6) is 0.801. The number of aromatic nitrogens is 2. The molecule has 1 aromatic carbocycles. The van der Waals surface area contributed by atoms with Crippen LogP contribution in [0.4, 0.5) is 10.1 Å². The van der Waals surface area contributed by atoms with E-state index >= 15 is 0 Å². The first kappa shape index (κ1) is 23.9. The number of nitrogens with zero attached hydrogens (tertiary/aromatic N) is 5. The molecule has 3 rings (SSSR count). The summed E-state index contributed by atoms with van der Waals surface area (Å²) >= 11 is 0. The maximum absolute atomic E-state index is 13.3. The van der Waals surface area contributed by atoms with E-state index in [1.807, 2.05) is 32.0 Å². The lowest BCUT2D eigenvalue weighted by Crippen LogP contribution is -2.55. The Balaban J connectivity index is 0.00000320. The van der Waals surface area contributed by atoms with E-state index in [9.17, 15) is 9.18 Å². The first-order valence-corrected chi connectivity index (χ1v) is 9.70. The topological polar surface area (TPSA) is 75.0 Å². The summed E-state index contributed by atoms with van der Waals surface area (Å²) in [4.78, 5) is 20.9. The maximum atomic E-state index is 13.3. The Hall–Kier alpha value is -2.37. The van der Waals surface area contributed by atoms with Crippen LogP contribution in [-0.4, -0.2) is 65.4 Å². The Morgan fingerprint density at radius 1 is 1.40 bits per heavy atom. The molecule has 1 saturated heterocycles. The van der Waals surface area contributed by atoms with Crippen molar-refractivity contribution in [3.63, 3.8) is 0 Å². The van der Waals surface area contributed by atoms with Crippen LogP contribution in [0, 0.1) is 5.82 Å². The van der Waals surface area contributed by atoms with Crippen molar-refractivity contribution in [2.24, 2.45) is 12.0 Å². The van der Waals surface area contributed by atoms with E-state index in [-0.39, 0.29) is 48.3 Å². The highest BCUT2D eigenvalue weighted by Gasteiger charge is 2.27. The van der Waals surface area contributed by atoms with E-state index < -0.39 is 0 Å². The van der Waals surface area contributed by atoms with Gasteiger partial charge in [-0.05, 0) is 26.0 Å². The molecule has 1 aliphatic heterocycles. The standard InChI is InChI=1S/C20H27FN6O2.HI/c1-4-22-20(23-11-15(2)29-18-7-5-6-16(21)10-18)26-8-9-27(19(28)14-26)17-12-24-25(3)13-17;/h5-7,10,12-13,15H,4,8-9,11,14H2,1-3H3,(H,22,23);1H. The lowest BCUT2D eigenvalue weighted by molar-refractivity contribution is -0.120. The van der Waals surface area contributed by atoms with Crippen molar-refractivity contribution in [2.75, 3.05) is 37.6 Å². The van der Waals surface area contributed by atoms with Crippen molar-refractivity contribution in [3.8, 4) is 5.75 Å². The van der Waals surface area contributed by atoms with Gasteiger partial charge in [-0.15, -0.1) is 24.0 Å². The molecule has 0 spiro atoms. The lowest BCUT2D eigenvalue weighted by atomic mass is 10.3. The molecule has 1 aliphatic rings. The minimum absolute atomic E-state index is 0. The highest BCUT2D eigenvalue weighted by molar-refractivity contribution is 14.0. The number of hydrogen-bond acceptors (Lipinski definition) is 4. The average Bonchev–Trinajstić information content (AvgIpc) is 3.11. The highest BCUT2D eigenvalue weighted by Crippen LogP contribution is 2.16. The van der Waals surface area contributed by atoms with E-state index in [2.05, 4.69) is 15.4 Å². The van der Waals surface area contributed by atoms with Crippen molar-refractivity contribution in [2.45, 2.75) is 20.0 Å². The van der Waals surface area contributed by atoms with Crippen LogP contribution in [0.3, 0.4) is 0 Å². The first-order valence-electron chi connectivity index (χ1n) is 9.70. The molecular weight excluding hydrogens is 502 g/mol. The molecule has 0 radical (unpaired) electrons. The number of aryl methyl sites for hydroxylation is 1. The Bertz CT molecular complexity index is 874. The molecule has 1 atom stereocenters. The van der Waals surface area contributed by atoms with Gasteiger partial charge in [0, 0.05) is 38.9 Å². The zero-order valence-corrected chi connectivity index (χ0v) is 19.7. The second kappa shape index (κ2) is 11.1. The van der Waals surface area contributed by atoms with Gasteiger partial charge in [-0.25, -0.2) is 9.38 Å². The molecule has 1 unspecified atom stereocenters. The number of amides is 1. The zero-order valence-electron chi connectivity index (χ0n) is 17.4. The Morgan fingerprint density at radius 2 is 2.20 bits per heavy atom. The lowest BCUT2D eigenvalue weighted by Gasteiger charge is -2.35. The number of hydrogen-bond donors (Lipinski definition) is 1. The largest absolute Gasteiger partial charge is 0.489 e. The third-order valence-electron chi connectivity index (χ3n) is 4.49. The number of rotatable bonds is 6. The Kier molecular flexibility index (Phi) is 8.88. The van der Waals surface area contributed by atoms with Gasteiger partial charge in [0.15, 0.2) is 5.96 Å². The van der Waals surface area contributed by atoms with Crippen LogP contribution in [0.2, 0.25) is 0 Å². The van der Waals surface area contributed by atoms with Crippen LogP contribution in [-0.2, 0) is 11.8 Å². The summed E-state index contributed by atoms with van der Waals surface area (Å²) in [6.45, 7) is 6.39. The van der Waals surface area contributed by atoms with Gasteiger partial charge in [-0.1, -0.05) is 6.07 Å². The number of piperazine rings is 1. The average molecular weight is 530 g/mol. The van der Waals surface area contributed by atoms with Gasteiger partial charge < -0.3 is 19.9 Å². The van der Waals surface area contributed by atoms with Gasteiger partial charge in [-0.3, -0.25) is 9.48 Å². The van der Waals surface area contributed by atoms with Crippen LogP contribution in [0.15, 0.2) is 41.7 Å². The zero-order chi connectivity index (χ0) is 20.8. The first-order chi connectivity index (χ1) is 14.0. The van der Waals surface area contributed by atoms with Gasteiger partial charge >= 0.3 is 0 Å². The number of guanidine groups is 1. The van der Waals surface area contributed by atoms with Crippen molar-refractivity contribution in [3.05, 3.63) is 42.5 Å². The van der Waals surface area contributed by atoms with Crippen molar-refractivity contribution in [1.82, 2.24) is 20.0 Å². The Morgan fingerprint density at radius 3 is 2.83 bits per heavy atom. The fourth-order valence-corrected chi connectivity index (χ4v) is 3.13. The van der Waals surface area contributed by atoms with E-state index in [0.29, 0.717) is 37.9 Å². The fourth-order valence-electron chi connectivity index (χ4n) is 3.13. The number of ether oxygens (including phenoxy) is 1. The molecule has 1 N–H and O–H groups in total. The maximum Gasteiger partial charge on any atom is 0.246 e. The number of anilines is 1. The molecule has 8 nitrogen and oxygen atoms in total. The van der Waals surface area contributed by atoms with E-state index in [1.165, 1.54) is 12.1 Å².